The van der Waals surface area contributed by atoms with E-state index in [0.717, 1.165) is 18.4 Å². The summed E-state index contributed by atoms with van der Waals surface area (Å²) >= 11 is 0. The van der Waals surface area contributed by atoms with Gasteiger partial charge in [0.1, 0.15) is 5.78 Å². The molecule has 0 spiro atoms. The zero-order valence-corrected chi connectivity index (χ0v) is 8.78. The summed E-state index contributed by atoms with van der Waals surface area (Å²) < 4.78 is 0. The van der Waals surface area contributed by atoms with E-state index in [1.807, 2.05) is 0 Å². The summed E-state index contributed by atoms with van der Waals surface area (Å²) in [5.41, 5.74) is 12.5. The Morgan fingerprint density at radius 3 is 2.87 bits per heavy atom. The molecule has 4 N–H and O–H groups in total. The standard InChI is InChI=1S/C11H17N3O/c12-5-2-1-3-10(15)7-9-8-14-6-4-11(9)13/h4,6,8H,1-3,5,7,12H2,(H2,13,14). The van der Waals surface area contributed by atoms with E-state index < -0.39 is 0 Å². The van der Waals surface area contributed by atoms with E-state index in [-0.39, 0.29) is 5.78 Å². The largest absolute Gasteiger partial charge is 0.398 e. The molecule has 0 aliphatic rings. The van der Waals surface area contributed by atoms with E-state index in [0.29, 0.717) is 25.1 Å². The Bertz CT molecular complexity index is 325. The zero-order chi connectivity index (χ0) is 11.1. The maximum absolute atomic E-state index is 11.5. The molecule has 0 unspecified atom stereocenters. The minimum absolute atomic E-state index is 0.197. The van der Waals surface area contributed by atoms with Crippen LogP contribution in [0.5, 0.6) is 0 Å². The first kappa shape index (κ1) is 11.7. The third kappa shape index (κ3) is 4.08. The average Bonchev–Trinajstić information content (AvgIpc) is 2.22. The lowest BCUT2D eigenvalue weighted by Crippen LogP contribution is -2.07. The van der Waals surface area contributed by atoms with Crippen molar-refractivity contribution in [2.45, 2.75) is 25.7 Å². The third-order valence-corrected chi connectivity index (χ3v) is 2.24. The van der Waals surface area contributed by atoms with Gasteiger partial charge in [-0.3, -0.25) is 9.78 Å². The summed E-state index contributed by atoms with van der Waals surface area (Å²) in [6, 6.07) is 1.71. The highest BCUT2D eigenvalue weighted by Gasteiger charge is 2.05. The van der Waals surface area contributed by atoms with Gasteiger partial charge in [0.15, 0.2) is 0 Å². The number of pyridine rings is 1. The van der Waals surface area contributed by atoms with Gasteiger partial charge in [-0.15, -0.1) is 0 Å². The van der Waals surface area contributed by atoms with Gasteiger partial charge < -0.3 is 11.5 Å². The molecule has 1 aromatic heterocycles. The van der Waals surface area contributed by atoms with Crippen molar-refractivity contribution in [3.63, 3.8) is 0 Å². The monoisotopic (exact) mass is 207 g/mol. The second-order valence-electron chi connectivity index (χ2n) is 3.54. The minimum atomic E-state index is 0.197. The van der Waals surface area contributed by atoms with E-state index in [1.54, 1.807) is 18.5 Å². The number of carbonyl (C=O) groups excluding carboxylic acids is 1. The van der Waals surface area contributed by atoms with Gasteiger partial charge >= 0.3 is 0 Å². The molecule has 4 nitrogen and oxygen atoms in total. The van der Waals surface area contributed by atoms with Gasteiger partial charge in [-0.05, 0) is 25.5 Å². The molecule has 0 saturated carbocycles. The number of Topliss-reactive ketones (excluding diaryl/α,β-unsaturated/α-hetero) is 1. The lowest BCUT2D eigenvalue weighted by Gasteiger charge is -2.03. The first-order valence-electron chi connectivity index (χ1n) is 5.14. The molecule has 1 rings (SSSR count). The van der Waals surface area contributed by atoms with Gasteiger partial charge in [0, 0.05) is 36.5 Å². The van der Waals surface area contributed by atoms with Crippen molar-refractivity contribution in [3.05, 3.63) is 24.0 Å². The van der Waals surface area contributed by atoms with E-state index in [2.05, 4.69) is 4.98 Å². The topological polar surface area (TPSA) is 82.0 Å². The lowest BCUT2D eigenvalue weighted by atomic mass is 10.1. The highest BCUT2D eigenvalue weighted by Crippen LogP contribution is 2.11. The summed E-state index contributed by atoms with van der Waals surface area (Å²) in [7, 11) is 0. The van der Waals surface area contributed by atoms with E-state index in [4.69, 9.17) is 11.5 Å². The smallest absolute Gasteiger partial charge is 0.137 e. The number of nitrogen functional groups attached to an aromatic ring is 1. The summed E-state index contributed by atoms with van der Waals surface area (Å²) in [6.45, 7) is 0.641. The van der Waals surface area contributed by atoms with Crippen LogP contribution < -0.4 is 11.5 Å². The molecule has 15 heavy (non-hydrogen) atoms. The molecule has 0 aliphatic carbocycles. The van der Waals surface area contributed by atoms with Crippen LogP contribution in [0.2, 0.25) is 0 Å². The third-order valence-electron chi connectivity index (χ3n) is 2.24. The van der Waals surface area contributed by atoms with E-state index in [9.17, 15) is 4.79 Å². The predicted octanol–water partition coefficient (Wildman–Crippen LogP) is 0.904. The number of aromatic nitrogens is 1. The molecule has 0 saturated heterocycles. The number of hydrogen-bond donors (Lipinski definition) is 2. The van der Waals surface area contributed by atoms with Crippen molar-refractivity contribution in [2.24, 2.45) is 5.73 Å². The van der Waals surface area contributed by atoms with Crippen LogP contribution in [0.4, 0.5) is 5.69 Å². The Morgan fingerprint density at radius 1 is 1.40 bits per heavy atom. The number of nitrogens with two attached hydrogens (primary N) is 2. The molecule has 0 amide bonds. The van der Waals surface area contributed by atoms with Crippen LogP contribution in [0.25, 0.3) is 0 Å². The molecule has 1 aromatic rings. The molecular formula is C11H17N3O. The van der Waals surface area contributed by atoms with Crippen molar-refractivity contribution in [2.75, 3.05) is 12.3 Å². The maximum atomic E-state index is 11.5. The molecule has 0 aliphatic heterocycles. The Labute approximate surface area is 89.7 Å². The number of rotatable bonds is 6. The fourth-order valence-corrected chi connectivity index (χ4v) is 1.35. The lowest BCUT2D eigenvalue weighted by molar-refractivity contribution is -0.118. The quantitative estimate of drug-likeness (QED) is 0.679. The van der Waals surface area contributed by atoms with Crippen LogP contribution in [0, 0.1) is 0 Å². The SMILES string of the molecule is NCCCCC(=O)Cc1cnccc1N. The summed E-state index contributed by atoms with van der Waals surface area (Å²) in [6.07, 6.45) is 5.98. The molecule has 4 heteroatoms. The van der Waals surface area contributed by atoms with Gasteiger partial charge in [-0.25, -0.2) is 0 Å². The average molecular weight is 207 g/mol. The van der Waals surface area contributed by atoms with Gasteiger partial charge in [-0.1, -0.05) is 0 Å². The normalized spacial score (nSPS) is 10.2. The van der Waals surface area contributed by atoms with Crippen molar-refractivity contribution in [1.82, 2.24) is 4.98 Å². The predicted molar refractivity (Wildman–Crippen MR) is 60.3 cm³/mol. The van der Waals surface area contributed by atoms with Crippen LogP contribution in [-0.4, -0.2) is 17.3 Å². The Morgan fingerprint density at radius 2 is 2.20 bits per heavy atom. The number of nitrogens with zero attached hydrogens (tertiary/aromatic N) is 1. The number of ketones is 1. The van der Waals surface area contributed by atoms with Crippen LogP contribution in [0.15, 0.2) is 18.5 Å². The first-order chi connectivity index (χ1) is 7.24. The van der Waals surface area contributed by atoms with Gasteiger partial charge in [0.2, 0.25) is 0 Å². The number of anilines is 1. The number of hydrogen-bond acceptors (Lipinski definition) is 4. The number of unbranched alkanes of at least 4 members (excludes halogenated alkanes) is 1. The van der Waals surface area contributed by atoms with Crippen molar-refractivity contribution in [3.8, 4) is 0 Å². The molecule has 0 fully saturated rings. The number of carbonyl (C=O) groups is 1. The molecular weight excluding hydrogens is 190 g/mol. The Balaban J connectivity index is 2.41. The minimum Gasteiger partial charge on any atom is -0.398 e. The van der Waals surface area contributed by atoms with Crippen molar-refractivity contribution < 1.29 is 4.79 Å². The van der Waals surface area contributed by atoms with Crippen LogP contribution >= 0.6 is 0 Å². The summed E-state index contributed by atoms with van der Waals surface area (Å²) in [4.78, 5) is 15.5. The van der Waals surface area contributed by atoms with Crippen LogP contribution in [0.3, 0.4) is 0 Å². The fourth-order valence-electron chi connectivity index (χ4n) is 1.35. The highest BCUT2D eigenvalue weighted by molar-refractivity contribution is 5.82. The van der Waals surface area contributed by atoms with E-state index >= 15 is 0 Å². The van der Waals surface area contributed by atoms with Crippen LogP contribution in [-0.2, 0) is 11.2 Å². The zero-order valence-electron chi connectivity index (χ0n) is 8.78. The molecule has 0 radical (unpaired) electrons. The van der Waals surface area contributed by atoms with E-state index in [1.165, 1.54) is 0 Å². The van der Waals surface area contributed by atoms with Gasteiger partial charge in [0.25, 0.3) is 0 Å². The second-order valence-corrected chi connectivity index (χ2v) is 3.54. The van der Waals surface area contributed by atoms with Crippen molar-refractivity contribution in [1.29, 1.82) is 0 Å². The summed E-state index contributed by atoms with van der Waals surface area (Å²) in [5, 5.41) is 0. The van der Waals surface area contributed by atoms with Crippen molar-refractivity contribution >= 4 is 11.5 Å². The first-order valence-corrected chi connectivity index (χ1v) is 5.14. The fraction of sp³-hybridized carbons (Fsp3) is 0.455. The van der Waals surface area contributed by atoms with Crippen LogP contribution in [0.1, 0.15) is 24.8 Å². The highest BCUT2D eigenvalue weighted by atomic mass is 16.1. The molecule has 0 aromatic carbocycles. The Hall–Kier alpha value is -1.42. The molecule has 82 valence electrons. The summed E-state index contributed by atoms with van der Waals surface area (Å²) in [5.74, 6) is 0.197. The van der Waals surface area contributed by atoms with Gasteiger partial charge in [0.05, 0.1) is 0 Å². The van der Waals surface area contributed by atoms with Gasteiger partial charge in [-0.2, -0.15) is 0 Å². The Kier molecular flexibility index (Phi) is 4.77. The molecule has 0 bridgehead atoms. The molecule has 0 atom stereocenters. The molecule has 1 heterocycles. The maximum Gasteiger partial charge on any atom is 0.137 e. The second kappa shape index (κ2) is 6.14.